The van der Waals surface area contributed by atoms with E-state index in [2.05, 4.69) is 196 Å². The molecule has 0 saturated heterocycles. The second-order valence-corrected chi connectivity index (χ2v) is 16.0. The summed E-state index contributed by atoms with van der Waals surface area (Å²) in [7, 11) is 0. The molecule has 0 atom stereocenters. The van der Waals surface area contributed by atoms with Gasteiger partial charge in [0.15, 0.2) is 0 Å². The quantitative estimate of drug-likeness (QED) is 0.158. The van der Waals surface area contributed by atoms with Gasteiger partial charge in [0.25, 0.3) is 0 Å². The van der Waals surface area contributed by atoms with Crippen LogP contribution < -0.4 is 0 Å². The average molecular weight is 697 g/mol. The lowest BCUT2D eigenvalue weighted by molar-refractivity contribution is 0.661. The SMILES string of the molecule is CC1(C)c2cc(-c3ccc4c5ccccc5c5ccccc5c4c3)ccc2-c2ccc(-c3cc4c5ccccc5c5ccccc5c4c4ccccc34)cc21. The molecule has 0 nitrogen and oxygen atoms in total. The van der Waals surface area contributed by atoms with Gasteiger partial charge in [-0.3, -0.25) is 0 Å². The average Bonchev–Trinajstić information content (AvgIpc) is 3.47. The van der Waals surface area contributed by atoms with Gasteiger partial charge in [-0.05, 0) is 144 Å². The van der Waals surface area contributed by atoms with E-state index in [0.717, 1.165) is 0 Å². The van der Waals surface area contributed by atoms with Crippen LogP contribution in [0.15, 0.2) is 182 Å². The molecule has 0 amide bonds. The molecule has 0 saturated carbocycles. The first kappa shape index (κ1) is 30.7. The van der Waals surface area contributed by atoms with Crippen molar-refractivity contribution in [3.63, 3.8) is 0 Å². The predicted octanol–water partition coefficient (Wildman–Crippen LogP) is 15.4. The first-order valence-electron chi connectivity index (χ1n) is 19.4. The van der Waals surface area contributed by atoms with Gasteiger partial charge in [-0.25, -0.2) is 0 Å². The Hall–Kier alpha value is -6.76. The van der Waals surface area contributed by atoms with Crippen LogP contribution in [0.25, 0.3) is 109 Å². The molecule has 12 rings (SSSR count). The summed E-state index contributed by atoms with van der Waals surface area (Å²) in [4.78, 5) is 0. The van der Waals surface area contributed by atoms with E-state index >= 15 is 0 Å². The van der Waals surface area contributed by atoms with Crippen LogP contribution in [0.1, 0.15) is 25.0 Å². The number of fused-ring (bicyclic) bond motifs is 17. The van der Waals surface area contributed by atoms with Crippen LogP contribution in [-0.4, -0.2) is 0 Å². The van der Waals surface area contributed by atoms with Crippen LogP contribution in [-0.2, 0) is 5.41 Å². The van der Waals surface area contributed by atoms with Crippen LogP contribution in [0.2, 0.25) is 0 Å². The largest absolute Gasteiger partial charge is 0.0616 e. The fraction of sp³-hybridized carbons (Fsp3) is 0.0545. The Kier molecular flexibility index (Phi) is 6.21. The van der Waals surface area contributed by atoms with Crippen molar-refractivity contribution in [1.29, 1.82) is 0 Å². The second-order valence-electron chi connectivity index (χ2n) is 16.0. The Morgan fingerprint density at radius 3 is 1.18 bits per heavy atom. The van der Waals surface area contributed by atoms with Crippen molar-refractivity contribution in [2.24, 2.45) is 0 Å². The van der Waals surface area contributed by atoms with Gasteiger partial charge in [0.05, 0.1) is 0 Å². The van der Waals surface area contributed by atoms with E-state index in [9.17, 15) is 0 Å². The summed E-state index contributed by atoms with van der Waals surface area (Å²) in [6.45, 7) is 4.81. The molecule has 0 heterocycles. The van der Waals surface area contributed by atoms with Gasteiger partial charge in [-0.2, -0.15) is 0 Å². The molecule has 11 aromatic carbocycles. The zero-order valence-electron chi connectivity index (χ0n) is 30.8. The lowest BCUT2D eigenvalue weighted by atomic mass is 9.80. The highest BCUT2D eigenvalue weighted by molar-refractivity contribution is 6.33. The molecular formula is C55H36. The molecule has 1 aliphatic rings. The van der Waals surface area contributed by atoms with E-state index in [0.29, 0.717) is 0 Å². The number of rotatable bonds is 2. The summed E-state index contributed by atoms with van der Waals surface area (Å²) in [5, 5.41) is 18.3. The lowest BCUT2D eigenvalue weighted by Crippen LogP contribution is -2.15. The fourth-order valence-electron chi connectivity index (χ4n) is 10.2. The molecule has 256 valence electrons. The fourth-order valence-corrected chi connectivity index (χ4v) is 10.2. The summed E-state index contributed by atoms with van der Waals surface area (Å²) >= 11 is 0. The van der Waals surface area contributed by atoms with Crippen LogP contribution >= 0.6 is 0 Å². The summed E-state index contributed by atoms with van der Waals surface area (Å²) in [5.41, 5.74) is 10.4. The highest BCUT2D eigenvalue weighted by Crippen LogP contribution is 2.52. The molecule has 0 radical (unpaired) electrons. The molecule has 0 N–H and O–H groups in total. The molecule has 0 aliphatic heterocycles. The number of benzene rings is 11. The maximum absolute atomic E-state index is 2.49. The van der Waals surface area contributed by atoms with Crippen LogP contribution in [0.5, 0.6) is 0 Å². The summed E-state index contributed by atoms with van der Waals surface area (Å²) in [5.74, 6) is 0. The maximum Gasteiger partial charge on any atom is 0.0159 e. The molecular weight excluding hydrogens is 661 g/mol. The van der Waals surface area contributed by atoms with E-state index in [-0.39, 0.29) is 5.41 Å². The van der Waals surface area contributed by atoms with E-state index in [1.807, 2.05) is 0 Å². The molecule has 0 heteroatoms. The Bertz CT molecular complexity index is 3420. The number of hydrogen-bond donors (Lipinski definition) is 0. The third kappa shape index (κ3) is 4.23. The standard InChI is InChI=1S/C55H36/c1-55(2)52-30-34(33-23-26-44-38-15-4-3-13-36(38)37-14-5-7-18-41(37)50(44)29-33)24-27-45(52)46-28-25-35(31-53(46)55)49-32-51-42-19-8-6-16-39(42)40-17-9-11-21-47(40)54(51)48-22-12-10-20-43(48)49/h3-32H,1-2H3. The zero-order valence-corrected chi connectivity index (χ0v) is 30.8. The van der Waals surface area contributed by atoms with Crippen molar-refractivity contribution < 1.29 is 0 Å². The molecule has 1 aliphatic carbocycles. The topological polar surface area (TPSA) is 0 Å². The van der Waals surface area contributed by atoms with Gasteiger partial charge >= 0.3 is 0 Å². The highest BCUT2D eigenvalue weighted by Gasteiger charge is 2.36. The summed E-state index contributed by atoms with van der Waals surface area (Å²) < 4.78 is 0. The normalized spacial score (nSPS) is 13.4. The predicted molar refractivity (Wildman–Crippen MR) is 237 cm³/mol. The lowest BCUT2D eigenvalue weighted by Gasteiger charge is -2.23. The Labute approximate surface area is 319 Å². The minimum absolute atomic E-state index is 0.161. The smallest absolute Gasteiger partial charge is 0.0159 e. The van der Waals surface area contributed by atoms with Gasteiger partial charge in [-0.1, -0.05) is 172 Å². The number of hydrogen-bond acceptors (Lipinski definition) is 0. The highest BCUT2D eigenvalue weighted by atomic mass is 14.4. The van der Waals surface area contributed by atoms with Crippen molar-refractivity contribution in [1.82, 2.24) is 0 Å². The van der Waals surface area contributed by atoms with Crippen LogP contribution in [0.4, 0.5) is 0 Å². The van der Waals surface area contributed by atoms with Crippen molar-refractivity contribution >= 4 is 75.4 Å². The third-order valence-electron chi connectivity index (χ3n) is 12.8. The molecule has 0 fully saturated rings. The Balaban J connectivity index is 1.02. The minimum Gasteiger partial charge on any atom is -0.0616 e. The third-order valence-corrected chi connectivity index (χ3v) is 12.8. The summed E-state index contributed by atoms with van der Waals surface area (Å²) in [6.07, 6.45) is 0. The molecule has 0 unspecified atom stereocenters. The second kappa shape index (κ2) is 11.1. The Morgan fingerprint density at radius 2 is 0.618 bits per heavy atom. The van der Waals surface area contributed by atoms with Crippen molar-refractivity contribution in [2.75, 3.05) is 0 Å². The van der Waals surface area contributed by atoms with E-state index in [1.54, 1.807) is 0 Å². The first-order valence-corrected chi connectivity index (χ1v) is 19.4. The zero-order chi connectivity index (χ0) is 36.4. The van der Waals surface area contributed by atoms with E-state index < -0.39 is 0 Å². The van der Waals surface area contributed by atoms with Gasteiger partial charge in [0.2, 0.25) is 0 Å². The molecule has 11 aromatic rings. The van der Waals surface area contributed by atoms with Gasteiger partial charge in [-0.15, -0.1) is 0 Å². The van der Waals surface area contributed by atoms with Crippen LogP contribution in [0.3, 0.4) is 0 Å². The van der Waals surface area contributed by atoms with Crippen molar-refractivity contribution in [3.05, 3.63) is 193 Å². The molecule has 55 heavy (non-hydrogen) atoms. The van der Waals surface area contributed by atoms with Crippen molar-refractivity contribution in [3.8, 4) is 33.4 Å². The van der Waals surface area contributed by atoms with Gasteiger partial charge < -0.3 is 0 Å². The van der Waals surface area contributed by atoms with E-state index in [1.165, 1.54) is 120 Å². The van der Waals surface area contributed by atoms with Crippen molar-refractivity contribution in [2.45, 2.75) is 19.3 Å². The van der Waals surface area contributed by atoms with Crippen LogP contribution in [0, 0.1) is 0 Å². The monoisotopic (exact) mass is 696 g/mol. The van der Waals surface area contributed by atoms with E-state index in [4.69, 9.17) is 0 Å². The van der Waals surface area contributed by atoms with Gasteiger partial charge in [0, 0.05) is 5.41 Å². The molecule has 0 bridgehead atoms. The molecule has 0 spiro atoms. The first-order chi connectivity index (χ1) is 27.0. The minimum atomic E-state index is -0.161. The molecule has 0 aromatic heterocycles. The summed E-state index contributed by atoms with van der Waals surface area (Å²) in [6, 6.07) is 68.4. The maximum atomic E-state index is 2.49. The Morgan fingerprint density at radius 1 is 0.255 bits per heavy atom. The van der Waals surface area contributed by atoms with Gasteiger partial charge in [0.1, 0.15) is 0 Å².